The van der Waals surface area contributed by atoms with Crippen molar-refractivity contribution < 1.29 is 18.0 Å². The van der Waals surface area contributed by atoms with Crippen LogP contribution in [-0.4, -0.2) is 41.5 Å². The van der Waals surface area contributed by atoms with Crippen LogP contribution in [-0.2, 0) is 11.0 Å². The zero-order chi connectivity index (χ0) is 19.4. The molecule has 1 unspecified atom stereocenters. The van der Waals surface area contributed by atoms with E-state index in [0.717, 1.165) is 38.2 Å². The maximum absolute atomic E-state index is 13.3. The Kier molecular flexibility index (Phi) is 6.27. The number of piperidine rings is 1. The van der Waals surface area contributed by atoms with Gasteiger partial charge in [0.15, 0.2) is 0 Å². The molecule has 0 aromatic carbocycles. The Bertz CT molecular complexity index is 644. The summed E-state index contributed by atoms with van der Waals surface area (Å²) in [5.74, 6) is -0.217. The second kappa shape index (κ2) is 8.48. The van der Waals surface area contributed by atoms with Crippen LogP contribution in [0, 0.1) is 5.92 Å². The predicted octanol–water partition coefficient (Wildman–Crippen LogP) is 4.50. The topological polar surface area (TPSA) is 36.4 Å². The van der Waals surface area contributed by atoms with Crippen molar-refractivity contribution in [3.8, 4) is 0 Å². The van der Waals surface area contributed by atoms with Gasteiger partial charge in [0.1, 0.15) is 5.82 Å². The molecule has 0 N–H and O–H groups in total. The number of rotatable bonds is 4. The summed E-state index contributed by atoms with van der Waals surface area (Å²) in [4.78, 5) is 20.8. The third kappa shape index (κ3) is 4.55. The van der Waals surface area contributed by atoms with Gasteiger partial charge in [0.25, 0.3) is 0 Å². The first kappa shape index (κ1) is 20.0. The van der Waals surface area contributed by atoms with Crippen LogP contribution in [0.15, 0.2) is 18.3 Å². The molecule has 1 aromatic heterocycles. The van der Waals surface area contributed by atoms with Gasteiger partial charge in [0.2, 0.25) is 5.91 Å². The maximum atomic E-state index is 13.3. The van der Waals surface area contributed by atoms with Crippen molar-refractivity contribution in [1.82, 2.24) is 9.88 Å². The summed E-state index contributed by atoms with van der Waals surface area (Å²) in [6.45, 7) is 3.46. The Balaban J connectivity index is 1.75. The van der Waals surface area contributed by atoms with E-state index in [1.165, 1.54) is 18.7 Å². The summed E-state index contributed by atoms with van der Waals surface area (Å²) in [6, 6.07) is 2.65. The molecule has 1 aromatic rings. The van der Waals surface area contributed by atoms with Crippen LogP contribution in [0.25, 0.3) is 0 Å². The molecule has 2 fully saturated rings. The highest BCUT2D eigenvalue weighted by Crippen LogP contribution is 2.37. The largest absolute Gasteiger partial charge is 0.419 e. The van der Waals surface area contributed by atoms with Crippen molar-refractivity contribution in [1.29, 1.82) is 0 Å². The minimum absolute atomic E-state index is 0.0526. The highest BCUT2D eigenvalue weighted by molar-refractivity contribution is 5.80. The smallest absolute Gasteiger partial charge is 0.355 e. The van der Waals surface area contributed by atoms with E-state index in [9.17, 15) is 18.0 Å². The minimum Gasteiger partial charge on any atom is -0.355 e. The summed E-state index contributed by atoms with van der Waals surface area (Å²) in [5, 5.41) is 0. The van der Waals surface area contributed by atoms with Gasteiger partial charge < -0.3 is 9.80 Å². The van der Waals surface area contributed by atoms with E-state index in [1.54, 1.807) is 4.90 Å². The lowest BCUT2D eigenvalue weighted by atomic mass is 9.91. The van der Waals surface area contributed by atoms with Crippen molar-refractivity contribution >= 4 is 11.7 Å². The van der Waals surface area contributed by atoms with Gasteiger partial charge in [-0.05, 0) is 44.7 Å². The molecule has 0 bridgehead atoms. The molecular weight excluding hydrogens is 355 g/mol. The average molecular weight is 383 g/mol. The molecule has 0 spiro atoms. The van der Waals surface area contributed by atoms with Gasteiger partial charge in [-0.3, -0.25) is 4.79 Å². The second-order valence-corrected chi connectivity index (χ2v) is 7.57. The number of anilines is 1. The minimum atomic E-state index is -4.45. The van der Waals surface area contributed by atoms with Crippen molar-refractivity contribution in [3.63, 3.8) is 0 Å². The fourth-order valence-corrected chi connectivity index (χ4v) is 4.46. The van der Waals surface area contributed by atoms with Gasteiger partial charge in [-0.2, -0.15) is 13.2 Å². The van der Waals surface area contributed by atoms with Crippen LogP contribution < -0.4 is 4.90 Å². The number of halogens is 3. The molecular formula is C20H28F3N3O. The van der Waals surface area contributed by atoms with E-state index >= 15 is 0 Å². The van der Waals surface area contributed by atoms with Gasteiger partial charge in [0.05, 0.1) is 11.5 Å². The van der Waals surface area contributed by atoms with Crippen LogP contribution >= 0.6 is 0 Å². The van der Waals surface area contributed by atoms with Crippen molar-refractivity contribution in [2.24, 2.45) is 5.92 Å². The molecule has 1 aliphatic heterocycles. The van der Waals surface area contributed by atoms with Crippen molar-refractivity contribution in [2.45, 2.75) is 64.1 Å². The quantitative estimate of drug-likeness (QED) is 0.768. The summed E-state index contributed by atoms with van der Waals surface area (Å²) in [5.41, 5.74) is -0.724. The fourth-order valence-electron chi connectivity index (χ4n) is 4.46. The number of hydrogen-bond acceptors (Lipinski definition) is 3. The van der Waals surface area contributed by atoms with Crippen LogP contribution in [0.2, 0.25) is 0 Å². The van der Waals surface area contributed by atoms with Gasteiger partial charge >= 0.3 is 6.18 Å². The molecule has 1 amide bonds. The summed E-state index contributed by atoms with van der Waals surface area (Å²) < 4.78 is 40.0. The Morgan fingerprint density at radius 2 is 1.96 bits per heavy atom. The Morgan fingerprint density at radius 3 is 2.63 bits per heavy atom. The van der Waals surface area contributed by atoms with E-state index in [1.807, 2.05) is 11.8 Å². The first-order valence-electron chi connectivity index (χ1n) is 9.99. The molecule has 7 heteroatoms. The van der Waals surface area contributed by atoms with Gasteiger partial charge in [-0.1, -0.05) is 19.3 Å². The zero-order valence-corrected chi connectivity index (χ0v) is 15.8. The summed E-state index contributed by atoms with van der Waals surface area (Å²) in [6.07, 6.45) is 3.96. The van der Waals surface area contributed by atoms with E-state index in [2.05, 4.69) is 4.98 Å². The van der Waals surface area contributed by atoms with Crippen LogP contribution in [0.4, 0.5) is 19.0 Å². The molecule has 1 aliphatic carbocycles. The molecule has 4 nitrogen and oxygen atoms in total. The molecule has 3 rings (SSSR count). The van der Waals surface area contributed by atoms with Crippen LogP contribution in [0.3, 0.4) is 0 Å². The molecule has 0 radical (unpaired) electrons. The number of alkyl halides is 3. The van der Waals surface area contributed by atoms with Crippen molar-refractivity contribution in [2.75, 3.05) is 24.5 Å². The lowest BCUT2D eigenvalue weighted by Gasteiger charge is -2.39. The van der Waals surface area contributed by atoms with E-state index in [-0.39, 0.29) is 23.7 Å². The lowest BCUT2D eigenvalue weighted by Crippen LogP contribution is -2.49. The van der Waals surface area contributed by atoms with Crippen LogP contribution in [0.1, 0.15) is 57.4 Å². The number of nitrogens with zero attached hydrogens (tertiary/aromatic N) is 3. The zero-order valence-electron chi connectivity index (χ0n) is 15.8. The van der Waals surface area contributed by atoms with Gasteiger partial charge in [0, 0.05) is 31.9 Å². The number of carbonyl (C=O) groups excluding carboxylic acids is 1. The van der Waals surface area contributed by atoms with Crippen LogP contribution in [0.5, 0.6) is 0 Å². The molecule has 2 aliphatic rings. The lowest BCUT2D eigenvalue weighted by molar-refractivity contribution is -0.138. The van der Waals surface area contributed by atoms with Gasteiger partial charge in [-0.15, -0.1) is 0 Å². The Morgan fingerprint density at radius 1 is 1.22 bits per heavy atom. The predicted molar refractivity (Wildman–Crippen MR) is 98.4 cm³/mol. The highest BCUT2D eigenvalue weighted by Gasteiger charge is 2.38. The Hall–Kier alpha value is -1.79. The molecule has 2 heterocycles. The molecule has 27 heavy (non-hydrogen) atoms. The SMILES string of the molecule is CCN(C(=O)C1CCCN(c2ncccc2C(F)(F)F)C1)C1CCCCC1. The van der Waals surface area contributed by atoms with E-state index in [0.29, 0.717) is 26.1 Å². The first-order chi connectivity index (χ1) is 12.9. The van der Waals surface area contributed by atoms with Gasteiger partial charge in [-0.25, -0.2) is 4.98 Å². The van der Waals surface area contributed by atoms with E-state index in [4.69, 9.17) is 0 Å². The maximum Gasteiger partial charge on any atom is 0.419 e. The summed E-state index contributed by atoms with van der Waals surface area (Å²) in [7, 11) is 0. The number of pyridine rings is 1. The number of carbonyl (C=O) groups is 1. The number of amides is 1. The number of aromatic nitrogens is 1. The third-order valence-electron chi connectivity index (χ3n) is 5.80. The first-order valence-corrected chi connectivity index (χ1v) is 9.99. The number of hydrogen-bond donors (Lipinski definition) is 0. The normalized spacial score (nSPS) is 21.9. The highest BCUT2D eigenvalue weighted by atomic mass is 19.4. The molecule has 150 valence electrons. The average Bonchev–Trinajstić information content (AvgIpc) is 2.69. The van der Waals surface area contributed by atoms with E-state index < -0.39 is 11.7 Å². The molecule has 1 saturated heterocycles. The second-order valence-electron chi connectivity index (χ2n) is 7.57. The standard InChI is InChI=1S/C20H28F3N3O/c1-2-26(16-9-4-3-5-10-16)19(27)15-8-7-13-25(14-15)18-17(20(21,22)23)11-6-12-24-18/h6,11-12,15-16H,2-5,7-10,13-14H2,1H3. The van der Waals surface area contributed by atoms with Crippen molar-refractivity contribution in [3.05, 3.63) is 23.9 Å². The summed E-state index contributed by atoms with van der Waals surface area (Å²) >= 11 is 0. The third-order valence-corrected chi connectivity index (χ3v) is 5.80. The fraction of sp³-hybridized carbons (Fsp3) is 0.700. The monoisotopic (exact) mass is 383 g/mol. The molecule has 1 atom stereocenters. The Labute approximate surface area is 158 Å². The molecule has 1 saturated carbocycles.